The van der Waals surface area contributed by atoms with Crippen molar-refractivity contribution in [2.75, 3.05) is 11.9 Å². The predicted octanol–water partition coefficient (Wildman–Crippen LogP) is 2.26. The number of hydrogen-bond donors (Lipinski definition) is 3. The number of phenolic OH excluding ortho intramolecular Hbond substituents is 1. The van der Waals surface area contributed by atoms with Crippen molar-refractivity contribution in [2.24, 2.45) is 5.10 Å². The highest BCUT2D eigenvalue weighted by molar-refractivity contribution is 5.84. The largest absolute Gasteiger partial charge is 0.508 e. The van der Waals surface area contributed by atoms with Gasteiger partial charge in [-0.2, -0.15) is 5.10 Å². The molecule has 3 N–H and O–H groups in total. The fourth-order valence-corrected chi connectivity index (χ4v) is 1.76. The number of hydrazone groups is 1. The maximum Gasteiger partial charge on any atom is 0.259 e. The standard InChI is InChI=1S/C16H17N3O2/c1-12-4-2-6-14(8-12)17-11-16(21)19-18-10-13-5-3-7-15(20)9-13/h2-10,17,20H,11H2,1H3,(H,19,21). The second kappa shape index (κ2) is 7.09. The number of amides is 1. The van der Waals surface area contributed by atoms with Crippen LogP contribution in [0.3, 0.4) is 0 Å². The first kappa shape index (κ1) is 14.6. The van der Waals surface area contributed by atoms with Crippen molar-refractivity contribution in [3.63, 3.8) is 0 Å². The Kier molecular flexibility index (Phi) is 4.93. The van der Waals surface area contributed by atoms with Gasteiger partial charge in [-0.1, -0.05) is 24.3 Å². The van der Waals surface area contributed by atoms with E-state index in [1.54, 1.807) is 24.3 Å². The van der Waals surface area contributed by atoms with Crippen LogP contribution in [0.2, 0.25) is 0 Å². The van der Waals surface area contributed by atoms with E-state index in [1.165, 1.54) is 6.21 Å². The van der Waals surface area contributed by atoms with Crippen LogP contribution < -0.4 is 10.7 Å². The normalized spacial score (nSPS) is 10.5. The smallest absolute Gasteiger partial charge is 0.259 e. The Balaban J connectivity index is 1.80. The molecule has 2 rings (SSSR count). The second-order valence-electron chi connectivity index (χ2n) is 4.61. The van der Waals surface area contributed by atoms with Crippen LogP contribution >= 0.6 is 0 Å². The van der Waals surface area contributed by atoms with Gasteiger partial charge < -0.3 is 10.4 Å². The van der Waals surface area contributed by atoms with Crippen molar-refractivity contribution in [1.29, 1.82) is 0 Å². The zero-order valence-corrected chi connectivity index (χ0v) is 11.7. The van der Waals surface area contributed by atoms with Crippen LogP contribution in [-0.2, 0) is 4.79 Å². The number of phenols is 1. The molecule has 0 radical (unpaired) electrons. The Morgan fingerprint density at radius 2 is 2.05 bits per heavy atom. The zero-order chi connectivity index (χ0) is 15.1. The van der Waals surface area contributed by atoms with Gasteiger partial charge in [0.2, 0.25) is 0 Å². The van der Waals surface area contributed by atoms with Gasteiger partial charge in [0.1, 0.15) is 5.75 Å². The summed E-state index contributed by atoms with van der Waals surface area (Å²) < 4.78 is 0. The minimum Gasteiger partial charge on any atom is -0.508 e. The molecule has 0 fully saturated rings. The van der Waals surface area contributed by atoms with Crippen LogP contribution in [0.25, 0.3) is 0 Å². The first-order valence-electron chi connectivity index (χ1n) is 6.55. The van der Waals surface area contributed by atoms with Crippen LogP contribution in [0.15, 0.2) is 53.6 Å². The quantitative estimate of drug-likeness (QED) is 0.582. The molecule has 1 amide bonds. The van der Waals surface area contributed by atoms with Crippen molar-refractivity contribution in [3.8, 4) is 5.75 Å². The molecule has 0 aliphatic rings. The zero-order valence-electron chi connectivity index (χ0n) is 11.7. The fraction of sp³-hybridized carbons (Fsp3) is 0.125. The molecule has 5 heteroatoms. The summed E-state index contributed by atoms with van der Waals surface area (Å²) >= 11 is 0. The summed E-state index contributed by atoms with van der Waals surface area (Å²) in [6, 6.07) is 14.4. The SMILES string of the molecule is Cc1cccc(NCC(=O)NN=Cc2cccc(O)c2)c1. The number of aryl methyl sites for hydroxylation is 1. The van der Waals surface area contributed by atoms with Crippen LogP contribution in [0, 0.1) is 6.92 Å². The van der Waals surface area contributed by atoms with Gasteiger partial charge in [-0.05, 0) is 42.3 Å². The molecule has 0 heterocycles. The molecule has 2 aromatic rings. The van der Waals surface area contributed by atoms with Gasteiger partial charge in [-0.3, -0.25) is 4.79 Å². The van der Waals surface area contributed by atoms with Gasteiger partial charge in [-0.15, -0.1) is 0 Å². The number of rotatable bonds is 5. The molecule has 0 spiro atoms. The fourth-order valence-electron chi connectivity index (χ4n) is 1.76. The Hall–Kier alpha value is -2.82. The summed E-state index contributed by atoms with van der Waals surface area (Å²) in [5.74, 6) is -0.0840. The molecule has 2 aromatic carbocycles. The average Bonchev–Trinajstić information content (AvgIpc) is 2.45. The summed E-state index contributed by atoms with van der Waals surface area (Å²) in [7, 11) is 0. The highest BCUT2D eigenvalue weighted by Crippen LogP contribution is 2.09. The Bertz CT molecular complexity index is 653. The van der Waals surface area contributed by atoms with Crippen LogP contribution in [-0.4, -0.2) is 23.8 Å². The molecular weight excluding hydrogens is 266 g/mol. The predicted molar refractivity (Wildman–Crippen MR) is 83.5 cm³/mol. The molecule has 0 aromatic heterocycles. The van der Waals surface area contributed by atoms with Gasteiger partial charge in [0, 0.05) is 5.69 Å². The summed E-state index contributed by atoms with van der Waals surface area (Å²) in [5, 5.41) is 16.1. The summed E-state index contributed by atoms with van der Waals surface area (Å²) in [6.45, 7) is 2.13. The van der Waals surface area contributed by atoms with Gasteiger partial charge in [0.15, 0.2) is 0 Å². The maximum absolute atomic E-state index is 11.6. The minimum atomic E-state index is -0.243. The van der Waals surface area contributed by atoms with E-state index >= 15 is 0 Å². The molecule has 0 atom stereocenters. The lowest BCUT2D eigenvalue weighted by Gasteiger charge is -2.05. The monoisotopic (exact) mass is 283 g/mol. The van der Waals surface area contributed by atoms with Gasteiger partial charge in [-0.25, -0.2) is 5.43 Å². The highest BCUT2D eigenvalue weighted by Gasteiger charge is 1.99. The topological polar surface area (TPSA) is 73.7 Å². The van der Waals surface area contributed by atoms with Crippen molar-refractivity contribution in [1.82, 2.24) is 5.43 Å². The molecule has 5 nitrogen and oxygen atoms in total. The Labute approximate surface area is 123 Å². The molecule has 0 bridgehead atoms. The van der Waals surface area contributed by atoms with E-state index in [0.29, 0.717) is 5.56 Å². The van der Waals surface area contributed by atoms with Gasteiger partial charge >= 0.3 is 0 Å². The molecule has 0 saturated heterocycles. The van der Waals surface area contributed by atoms with Crippen LogP contribution in [0.1, 0.15) is 11.1 Å². The molecule has 0 unspecified atom stereocenters. The number of carbonyl (C=O) groups is 1. The lowest BCUT2D eigenvalue weighted by atomic mass is 10.2. The third-order valence-corrected chi connectivity index (χ3v) is 2.74. The van der Waals surface area contributed by atoms with Crippen LogP contribution in [0.4, 0.5) is 5.69 Å². The van der Waals surface area contributed by atoms with Gasteiger partial charge in [0.25, 0.3) is 5.91 Å². The van der Waals surface area contributed by atoms with Gasteiger partial charge in [0.05, 0.1) is 12.8 Å². The first-order valence-corrected chi connectivity index (χ1v) is 6.55. The summed E-state index contributed by atoms with van der Waals surface area (Å²) in [6.07, 6.45) is 1.48. The molecular formula is C16H17N3O2. The number of hydrogen-bond acceptors (Lipinski definition) is 4. The number of benzene rings is 2. The second-order valence-corrected chi connectivity index (χ2v) is 4.61. The van der Waals surface area contributed by atoms with E-state index in [2.05, 4.69) is 15.8 Å². The number of nitrogens with one attached hydrogen (secondary N) is 2. The molecule has 0 aliphatic carbocycles. The van der Waals surface area contributed by atoms with Crippen molar-refractivity contribution >= 4 is 17.8 Å². The summed E-state index contributed by atoms with van der Waals surface area (Å²) in [4.78, 5) is 11.6. The molecule has 108 valence electrons. The van der Waals surface area contributed by atoms with E-state index in [-0.39, 0.29) is 18.2 Å². The Morgan fingerprint density at radius 3 is 2.81 bits per heavy atom. The number of carbonyl (C=O) groups excluding carboxylic acids is 1. The first-order chi connectivity index (χ1) is 10.1. The molecule has 0 saturated carbocycles. The molecule has 21 heavy (non-hydrogen) atoms. The van der Waals surface area contributed by atoms with E-state index in [0.717, 1.165) is 11.3 Å². The number of nitrogens with zero attached hydrogens (tertiary/aromatic N) is 1. The molecule has 0 aliphatic heterocycles. The van der Waals surface area contributed by atoms with Crippen molar-refractivity contribution < 1.29 is 9.90 Å². The van der Waals surface area contributed by atoms with E-state index in [4.69, 9.17) is 0 Å². The highest BCUT2D eigenvalue weighted by atomic mass is 16.3. The van der Waals surface area contributed by atoms with E-state index in [1.807, 2.05) is 31.2 Å². The third-order valence-electron chi connectivity index (χ3n) is 2.74. The van der Waals surface area contributed by atoms with Crippen LogP contribution in [0.5, 0.6) is 5.75 Å². The number of anilines is 1. The van der Waals surface area contributed by atoms with Crippen molar-refractivity contribution in [2.45, 2.75) is 6.92 Å². The number of aromatic hydroxyl groups is 1. The third kappa shape index (κ3) is 4.99. The Morgan fingerprint density at radius 1 is 1.24 bits per heavy atom. The van der Waals surface area contributed by atoms with E-state index < -0.39 is 0 Å². The maximum atomic E-state index is 11.6. The summed E-state index contributed by atoms with van der Waals surface area (Å²) in [5.41, 5.74) is 5.15. The van der Waals surface area contributed by atoms with Crippen molar-refractivity contribution in [3.05, 3.63) is 59.7 Å². The van der Waals surface area contributed by atoms with E-state index in [9.17, 15) is 9.90 Å². The lowest BCUT2D eigenvalue weighted by Crippen LogP contribution is -2.25. The minimum absolute atomic E-state index is 0.140. The average molecular weight is 283 g/mol. The lowest BCUT2D eigenvalue weighted by molar-refractivity contribution is -0.119.